The van der Waals surface area contributed by atoms with Crippen molar-refractivity contribution >= 4 is 43.6 Å². The van der Waals surface area contributed by atoms with Crippen molar-refractivity contribution in [3.8, 4) is 51.8 Å². The molecule has 0 aliphatic rings. The monoisotopic (exact) mass is 635 g/mol. The second-order valence-electron chi connectivity index (χ2n) is 12.4. The summed E-state index contributed by atoms with van der Waals surface area (Å²) >= 11 is 0. The number of para-hydroxylation sites is 2. The molecule has 0 radical (unpaired) electrons. The maximum atomic E-state index is 9.91. The molecule has 0 N–H and O–H groups in total. The molecule has 9 aromatic rings. The molecule has 0 unspecified atom stereocenters. The second kappa shape index (κ2) is 11.4. The van der Waals surface area contributed by atoms with Crippen LogP contribution in [0.15, 0.2) is 152 Å². The highest BCUT2D eigenvalue weighted by Gasteiger charge is 2.17. The molecule has 0 aliphatic heterocycles. The molecular weight excluding hydrogens is 611 g/mol. The van der Waals surface area contributed by atoms with E-state index in [1.165, 1.54) is 10.8 Å². The van der Waals surface area contributed by atoms with E-state index in [1.807, 2.05) is 48.5 Å². The van der Waals surface area contributed by atoms with E-state index in [9.17, 15) is 15.8 Å². The fraction of sp³-hybridized carbons (Fsp3) is 0. The fourth-order valence-corrected chi connectivity index (χ4v) is 7.32. The van der Waals surface area contributed by atoms with Gasteiger partial charge in [0.15, 0.2) is 0 Å². The predicted octanol–water partition coefficient (Wildman–Crippen LogP) is 10.8. The number of hydrogen-bond donors (Lipinski definition) is 0. The summed E-state index contributed by atoms with van der Waals surface area (Å²) in [6, 6.07) is 58.0. The molecular formula is C45H25N5. The Morgan fingerprint density at radius 1 is 0.360 bits per heavy atom. The van der Waals surface area contributed by atoms with Gasteiger partial charge in [0.2, 0.25) is 0 Å². The van der Waals surface area contributed by atoms with E-state index in [4.69, 9.17) is 0 Å². The van der Waals surface area contributed by atoms with Gasteiger partial charge in [-0.05, 0) is 95.6 Å². The normalized spacial score (nSPS) is 11.1. The van der Waals surface area contributed by atoms with Crippen LogP contribution in [-0.2, 0) is 0 Å². The minimum Gasteiger partial charge on any atom is -0.309 e. The molecule has 9 rings (SSSR count). The largest absolute Gasteiger partial charge is 0.309 e. The smallest absolute Gasteiger partial charge is 0.0992 e. The van der Waals surface area contributed by atoms with Crippen LogP contribution in [0.3, 0.4) is 0 Å². The predicted molar refractivity (Wildman–Crippen MR) is 200 cm³/mol. The van der Waals surface area contributed by atoms with E-state index in [0.29, 0.717) is 16.7 Å². The molecule has 0 saturated carbocycles. The first-order valence-electron chi connectivity index (χ1n) is 16.3. The molecule has 0 fully saturated rings. The Bertz CT molecular complexity index is 2900. The third-order valence-electron chi connectivity index (χ3n) is 9.60. The molecule has 0 atom stereocenters. The van der Waals surface area contributed by atoms with E-state index in [0.717, 1.165) is 66.5 Å². The number of aromatic nitrogens is 2. The Hall–Kier alpha value is -7.39. The molecule has 2 aromatic heterocycles. The van der Waals surface area contributed by atoms with Gasteiger partial charge in [-0.3, -0.25) is 0 Å². The lowest BCUT2D eigenvalue weighted by Crippen LogP contribution is -1.98. The molecule has 0 spiro atoms. The molecule has 50 heavy (non-hydrogen) atoms. The van der Waals surface area contributed by atoms with Crippen molar-refractivity contribution in [3.63, 3.8) is 0 Å². The summed E-state index contributed by atoms with van der Waals surface area (Å²) in [6.45, 7) is 0. The van der Waals surface area contributed by atoms with Gasteiger partial charge in [-0.15, -0.1) is 0 Å². The third-order valence-corrected chi connectivity index (χ3v) is 9.60. The minimum atomic E-state index is 0.580. The van der Waals surface area contributed by atoms with Gasteiger partial charge in [0.1, 0.15) is 0 Å². The molecule has 5 heteroatoms. The van der Waals surface area contributed by atoms with Gasteiger partial charge in [0.05, 0.1) is 62.7 Å². The van der Waals surface area contributed by atoms with Crippen molar-refractivity contribution in [2.24, 2.45) is 0 Å². The summed E-state index contributed by atoms with van der Waals surface area (Å²) in [5.74, 6) is 0. The van der Waals surface area contributed by atoms with E-state index in [-0.39, 0.29) is 0 Å². The number of fused-ring (bicyclic) bond motifs is 6. The third kappa shape index (κ3) is 4.45. The molecule has 5 nitrogen and oxygen atoms in total. The molecule has 0 aliphatic carbocycles. The van der Waals surface area contributed by atoms with Crippen LogP contribution in [-0.4, -0.2) is 9.13 Å². The fourth-order valence-electron chi connectivity index (χ4n) is 7.32. The summed E-state index contributed by atoms with van der Waals surface area (Å²) < 4.78 is 4.45. The Balaban J connectivity index is 1.17. The van der Waals surface area contributed by atoms with Crippen LogP contribution in [0.1, 0.15) is 16.7 Å². The first-order valence-corrected chi connectivity index (χ1v) is 16.3. The number of nitriles is 3. The summed E-state index contributed by atoms with van der Waals surface area (Å²) in [5, 5.41) is 33.5. The Morgan fingerprint density at radius 3 is 1.66 bits per heavy atom. The first kappa shape index (κ1) is 28.8. The van der Waals surface area contributed by atoms with Crippen LogP contribution < -0.4 is 0 Å². The number of nitrogens with zero attached hydrogens (tertiary/aromatic N) is 5. The van der Waals surface area contributed by atoms with Crippen molar-refractivity contribution in [2.75, 3.05) is 0 Å². The molecule has 7 aromatic carbocycles. The topological polar surface area (TPSA) is 81.2 Å². The van der Waals surface area contributed by atoms with Crippen molar-refractivity contribution in [1.82, 2.24) is 9.13 Å². The zero-order valence-electron chi connectivity index (χ0n) is 26.7. The van der Waals surface area contributed by atoms with Gasteiger partial charge in [0, 0.05) is 32.8 Å². The average Bonchev–Trinajstić information content (AvgIpc) is 3.69. The van der Waals surface area contributed by atoms with Crippen LogP contribution in [0, 0.1) is 34.0 Å². The molecule has 0 amide bonds. The number of rotatable bonds is 4. The van der Waals surface area contributed by atoms with Crippen LogP contribution in [0.25, 0.3) is 77.2 Å². The second-order valence-corrected chi connectivity index (χ2v) is 12.4. The standard InChI is InChI=1S/C45H25N5/c46-26-29-13-20-43(50-41-10-3-1-8-36(41)37-9-2-4-11-42(37)50)39(22-29)34-7-5-6-33(25-34)32-15-17-35(18-16-32)49-44-21-14-30(27-47)23-40(44)38-19-12-31(28-48)24-45(38)49/h1-25H. The molecule has 230 valence electrons. The van der Waals surface area contributed by atoms with Gasteiger partial charge in [-0.25, -0.2) is 0 Å². The lowest BCUT2D eigenvalue weighted by molar-refractivity contribution is 1.18. The highest BCUT2D eigenvalue weighted by Crippen LogP contribution is 2.38. The lowest BCUT2D eigenvalue weighted by Gasteiger charge is -2.15. The molecule has 0 saturated heterocycles. The maximum absolute atomic E-state index is 9.91. The van der Waals surface area contributed by atoms with Gasteiger partial charge >= 0.3 is 0 Å². The summed E-state index contributed by atoms with van der Waals surface area (Å²) in [5.41, 5.74) is 12.0. The van der Waals surface area contributed by atoms with Crippen LogP contribution >= 0.6 is 0 Å². The first-order chi connectivity index (χ1) is 24.6. The molecule has 0 bridgehead atoms. The summed E-state index contributed by atoms with van der Waals surface area (Å²) in [6.07, 6.45) is 0. The van der Waals surface area contributed by atoms with Crippen LogP contribution in [0.2, 0.25) is 0 Å². The number of hydrogen-bond acceptors (Lipinski definition) is 3. The van der Waals surface area contributed by atoms with Crippen molar-refractivity contribution in [3.05, 3.63) is 168 Å². The lowest BCUT2D eigenvalue weighted by atomic mass is 9.96. The van der Waals surface area contributed by atoms with Crippen molar-refractivity contribution in [2.45, 2.75) is 0 Å². The zero-order chi connectivity index (χ0) is 33.8. The van der Waals surface area contributed by atoms with Crippen LogP contribution in [0.5, 0.6) is 0 Å². The summed E-state index contributed by atoms with van der Waals surface area (Å²) in [7, 11) is 0. The van der Waals surface area contributed by atoms with Crippen molar-refractivity contribution in [1.29, 1.82) is 15.8 Å². The van der Waals surface area contributed by atoms with Gasteiger partial charge < -0.3 is 9.13 Å². The van der Waals surface area contributed by atoms with Gasteiger partial charge in [0.25, 0.3) is 0 Å². The van der Waals surface area contributed by atoms with Crippen LogP contribution in [0.4, 0.5) is 0 Å². The Kier molecular flexibility index (Phi) is 6.56. The highest BCUT2D eigenvalue weighted by molar-refractivity contribution is 6.11. The van der Waals surface area contributed by atoms with E-state index >= 15 is 0 Å². The van der Waals surface area contributed by atoms with Crippen molar-refractivity contribution < 1.29 is 0 Å². The highest BCUT2D eigenvalue weighted by atomic mass is 15.0. The van der Waals surface area contributed by atoms with E-state index in [1.54, 1.807) is 0 Å². The minimum absolute atomic E-state index is 0.580. The Labute approximate surface area is 287 Å². The SMILES string of the molecule is N#Cc1ccc(-n2c3ccccc3c3ccccc32)c(-c2cccc(-c3ccc(-n4c5ccc(C#N)cc5c5ccc(C#N)cc54)cc3)c2)c1. The van der Waals surface area contributed by atoms with E-state index in [2.05, 4.69) is 130 Å². The molecule has 2 heterocycles. The zero-order valence-corrected chi connectivity index (χ0v) is 26.7. The van der Waals surface area contributed by atoms with Gasteiger partial charge in [-0.2, -0.15) is 15.8 Å². The summed E-state index contributed by atoms with van der Waals surface area (Å²) in [4.78, 5) is 0. The van der Waals surface area contributed by atoms with Gasteiger partial charge in [-0.1, -0.05) is 72.8 Å². The average molecular weight is 636 g/mol. The quantitative estimate of drug-likeness (QED) is 0.193. The van der Waals surface area contributed by atoms with E-state index < -0.39 is 0 Å². The number of benzene rings is 7. The maximum Gasteiger partial charge on any atom is 0.0992 e. The Morgan fingerprint density at radius 2 is 0.940 bits per heavy atom.